The fourth-order valence-electron chi connectivity index (χ4n) is 1.50. The molecule has 16 heavy (non-hydrogen) atoms. The van der Waals surface area contributed by atoms with Gasteiger partial charge in [0.2, 0.25) is 0 Å². The number of hydrogen-bond acceptors (Lipinski definition) is 1. The number of hydrogen-bond donors (Lipinski definition) is 0. The van der Waals surface area contributed by atoms with Gasteiger partial charge in [-0.15, -0.1) is 0 Å². The third kappa shape index (κ3) is 1.96. The molecular weight excluding hydrogens is 285 g/mol. The molecule has 0 fully saturated rings. The van der Waals surface area contributed by atoms with E-state index in [2.05, 4.69) is 15.9 Å². The summed E-state index contributed by atoms with van der Waals surface area (Å²) in [5.41, 5.74) is -0.208. The first kappa shape index (κ1) is 11.5. The van der Waals surface area contributed by atoms with Crippen LogP contribution < -0.4 is 0 Å². The fourth-order valence-corrected chi connectivity index (χ4v) is 2.06. The van der Waals surface area contributed by atoms with Gasteiger partial charge in [0.25, 0.3) is 0 Å². The van der Waals surface area contributed by atoms with E-state index in [1.807, 2.05) is 6.92 Å². The van der Waals surface area contributed by atoms with Gasteiger partial charge in [-0.2, -0.15) is 13.2 Å². The number of fused-ring (bicyclic) bond motifs is 1. The van der Waals surface area contributed by atoms with Crippen LogP contribution in [0.5, 0.6) is 0 Å². The molecule has 2 aromatic rings. The monoisotopic (exact) mass is 292 g/mol. The van der Waals surface area contributed by atoms with Gasteiger partial charge in [0, 0.05) is 11.8 Å². The lowest BCUT2D eigenvalue weighted by Crippen LogP contribution is -2.04. The van der Waals surface area contributed by atoms with Gasteiger partial charge in [0.1, 0.15) is 11.3 Å². The zero-order valence-corrected chi connectivity index (χ0v) is 9.95. The van der Waals surface area contributed by atoms with Gasteiger partial charge < -0.3 is 4.42 Å². The minimum absolute atomic E-state index is 0.331. The van der Waals surface area contributed by atoms with E-state index >= 15 is 0 Å². The van der Waals surface area contributed by atoms with Crippen LogP contribution >= 0.6 is 15.9 Å². The Balaban J connectivity index is 2.67. The summed E-state index contributed by atoms with van der Waals surface area (Å²) in [5.74, 6) is 0.676. The number of furan rings is 1. The number of rotatable bonds is 1. The Morgan fingerprint density at radius 2 is 1.94 bits per heavy atom. The lowest BCUT2D eigenvalue weighted by Gasteiger charge is -2.06. The van der Waals surface area contributed by atoms with Crippen molar-refractivity contribution in [2.75, 3.05) is 0 Å². The van der Waals surface area contributed by atoms with Crippen LogP contribution in [0.3, 0.4) is 0 Å². The Morgan fingerprint density at radius 3 is 2.50 bits per heavy atom. The molecule has 2 rings (SSSR count). The third-order valence-electron chi connectivity index (χ3n) is 2.30. The molecule has 0 aliphatic heterocycles. The zero-order valence-electron chi connectivity index (χ0n) is 8.36. The first-order valence-corrected chi connectivity index (χ1v) is 5.50. The van der Waals surface area contributed by atoms with E-state index in [0.717, 1.165) is 12.1 Å². The molecule has 0 atom stereocenters. The van der Waals surface area contributed by atoms with Crippen molar-refractivity contribution in [2.24, 2.45) is 0 Å². The fraction of sp³-hybridized carbons (Fsp3) is 0.273. The molecule has 1 aromatic carbocycles. The summed E-state index contributed by atoms with van der Waals surface area (Å²) in [6.07, 6.45) is -3.68. The minimum atomic E-state index is -4.33. The highest BCUT2D eigenvalue weighted by Crippen LogP contribution is 2.36. The van der Waals surface area contributed by atoms with Crippen molar-refractivity contribution in [1.29, 1.82) is 0 Å². The first-order chi connectivity index (χ1) is 7.41. The molecule has 0 saturated heterocycles. The van der Waals surface area contributed by atoms with Crippen molar-refractivity contribution < 1.29 is 17.6 Å². The van der Waals surface area contributed by atoms with Crippen LogP contribution in [0.4, 0.5) is 13.2 Å². The molecule has 0 amide bonds. The average molecular weight is 293 g/mol. The zero-order chi connectivity index (χ0) is 11.9. The van der Waals surface area contributed by atoms with Crippen LogP contribution in [0.15, 0.2) is 27.1 Å². The van der Waals surface area contributed by atoms with Crippen molar-refractivity contribution in [1.82, 2.24) is 0 Å². The van der Waals surface area contributed by atoms with Crippen molar-refractivity contribution in [3.8, 4) is 0 Å². The van der Waals surface area contributed by atoms with E-state index in [0.29, 0.717) is 27.6 Å². The topological polar surface area (TPSA) is 13.1 Å². The summed E-state index contributed by atoms with van der Waals surface area (Å²) in [5, 5.41) is 0.471. The molecule has 0 aliphatic rings. The summed E-state index contributed by atoms with van der Waals surface area (Å²) in [7, 11) is 0. The van der Waals surface area contributed by atoms with E-state index in [1.165, 1.54) is 0 Å². The lowest BCUT2D eigenvalue weighted by atomic mass is 10.1. The molecule has 1 heterocycles. The van der Waals surface area contributed by atoms with Gasteiger partial charge in [-0.1, -0.05) is 6.92 Å². The van der Waals surface area contributed by atoms with Crippen LogP contribution in [0.2, 0.25) is 0 Å². The summed E-state index contributed by atoms with van der Waals surface area (Å²) < 4.78 is 43.3. The highest BCUT2D eigenvalue weighted by molar-refractivity contribution is 9.10. The molecular formula is C11H8BrF3O. The third-order valence-corrected chi connectivity index (χ3v) is 2.89. The number of benzene rings is 1. The Morgan fingerprint density at radius 1 is 1.25 bits per heavy atom. The number of aryl methyl sites for hydroxylation is 1. The predicted molar refractivity (Wildman–Crippen MR) is 58.3 cm³/mol. The lowest BCUT2D eigenvalue weighted by molar-refractivity contribution is -0.137. The van der Waals surface area contributed by atoms with Gasteiger partial charge in [-0.05, 0) is 34.1 Å². The Kier molecular flexibility index (Phi) is 2.74. The molecule has 0 saturated carbocycles. The molecule has 86 valence electrons. The molecule has 1 nitrogen and oxygen atoms in total. The molecule has 0 aliphatic carbocycles. The second-order valence-electron chi connectivity index (χ2n) is 3.44. The van der Waals surface area contributed by atoms with E-state index in [4.69, 9.17) is 4.42 Å². The summed E-state index contributed by atoms with van der Waals surface area (Å²) in [6, 6.07) is 3.77. The molecule has 0 spiro atoms. The van der Waals surface area contributed by atoms with Crippen LogP contribution in [0.25, 0.3) is 11.0 Å². The van der Waals surface area contributed by atoms with Gasteiger partial charge in [-0.3, -0.25) is 0 Å². The first-order valence-electron chi connectivity index (χ1n) is 4.71. The maximum absolute atomic E-state index is 12.5. The van der Waals surface area contributed by atoms with E-state index in [1.54, 1.807) is 6.07 Å². The van der Waals surface area contributed by atoms with Gasteiger partial charge in [0.05, 0.1) is 10.0 Å². The summed E-state index contributed by atoms with van der Waals surface area (Å²) in [6.45, 7) is 1.89. The number of halogens is 4. The molecule has 0 bridgehead atoms. The normalized spacial score (nSPS) is 12.3. The minimum Gasteiger partial charge on any atom is -0.460 e. The van der Waals surface area contributed by atoms with Crippen molar-refractivity contribution in [3.05, 3.63) is 34.0 Å². The Hall–Kier alpha value is -0.970. The van der Waals surface area contributed by atoms with Crippen molar-refractivity contribution in [2.45, 2.75) is 19.5 Å². The SMILES string of the molecule is CCc1cc2cc(C(F)(F)F)cc(Br)c2o1. The van der Waals surface area contributed by atoms with E-state index < -0.39 is 11.7 Å². The predicted octanol–water partition coefficient (Wildman–Crippen LogP) is 4.78. The molecule has 0 N–H and O–H groups in total. The molecule has 0 radical (unpaired) electrons. The number of alkyl halides is 3. The summed E-state index contributed by atoms with van der Waals surface area (Å²) in [4.78, 5) is 0. The standard InChI is InChI=1S/C11H8BrF3O/c1-2-8-4-6-3-7(11(13,14)15)5-9(12)10(6)16-8/h3-5H,2H2,1H3. The van der Waals surface area contributed by atoms with E-state index in [-0.39, 0.29) is 0 Å². The maximum Gasteiger partial charge on any atom is 0.416 e. The van der Waals surface area contributed by atoms with Crippen LogP contribution in [-0.4, -0.2) is 0 Å². The highest BCUT2D eigenvalue weighted by Gasteiger charge is 2.31. The van der Waals surface area contributed by atoms with Gasteiger partial charge in [0.15, 0.2) is 0 Å². The van der Waals surface area contributed by atoms with Crippen molar-refractivity contribution in [3.63, 3.8) is 0 Å². The van der Waals surface area contributed by atoms with Crippen molar-refractivity contribution >= 4 is 26.9 Å². The van der Waals surface area contributed by atoms with Crippen LogP contribution in [0, 0.1) is 0 Å². The average Bonchev–Trinajstić information content (AvgIpc) is 2.59. The Bertz CT molecular complexity index is 528. The molecule has 5 heteroatoms. The van der Waals surface area contributed by atoms with Gasteiger partial charge >= 0.3 is 6.18 Å². The largest absolute Gasteiger partial charge is 0.460 e. The smallest absolute Gasteiger partial charge is 0.416 e. The quantitative estimate of drug-likeness (QED) is 0.737. The van der Waals surface area contributed by atoms with Gasteiger partial charge in [-0.25, -0.2) is 0 Å². The van der Waals surface area contributed by atoms with Crippen LogP contribution in [0.1, 0.15) is 18.2 Å². The van der Waals surface area contributed by atoms with Crippen LogP contribution in [-0.2, 0) is 12.6 Å². The second kappa shape index (κ2) is 3.80. The second-order valence-corrected chi connectivity index (χ2v) is 4.29. The Labute approximate surface area is 98.4 Å². The highest BCUT2D eigenvalue weighted by atomic mass is 79.9. The molecule has 1 aromatic heterocycles. The van der Waals surface area contributed by atoms with E-state index in [9.17, 15) is 13.2 Å². The molecule has 0 unspecified atom stereocenters. The summed E-state index contributed by atoms with van der Waals surface area (Å²) >= 11 is 3.09. The maximum atomic E-state index is 12.5.